The molecule has 0 amide bonds. The summed E-state index contributed by atoms with van der Waals surface area (Å²) in [6.45, 7) is 15.4. The van der Waals surface area contributed by atoms with Crippen LogP contribution in [0.25, 0.3) is 0 Å². The van der Waals surface area contributed by atoms with Crippen molar-refractivity contribution in [3.05, 3.63) is 77.4 Å². The van der Waals surface area contributed by atoms with Gasteiger partial charge in [0.2, 0.25) is 0 Å². The maximum absolute atomic E-state index is 10.1. The molecule has 0 bridgehead atoms. The van der Waals surface area contributed by atoms with Crippen molar-refractivity contribution in [3.63, 3.8) is 0 Å². The number of nitrogens with one attached hydrogen (secondary N) is 2. The minimum atomic E-state index is -0.574. The topological polar surface area (TPSA) is 185 Å². The lowest BCUT2D eigenvalue weighted by molar-refractivity contribution is -0.0317. The van der Waals surface area contributed by atoms with Gasteiger partial charge in [0.05, 0.1) is 65.6 Å². The van der Waals surface area contributed by atoms with Gasteiger partial charge in [-0.1, -0.05) is 77.6 Å². The van der Waals surface area contributed by atoms with Gasteiger partial charge >= 0.3 is 0 Å². The highest BCUT2D eigenvalue weighted by Crippen LogP contribution is 2.32. The van der Waals surface area contributed by atoms with E-state index in [0.717, 1.165) is 107 Å². The molecule has 2 saturated carbocycles. The molecule has 3 unspecified atom stereocenters. The first kappa shape index (κ1) is 72.2. The Morgan fingerprint density at radius 3 is 1.35 bits per heavy atom. The van der Waals surface area contributed by atoms with Crippen molar-refractivity contribution in [1.82, 2.24) is 20.4 Å². The third-order valence-electron chi connectivity index (χ3n) is 14.7. The van der Waals surface area contributed by atoms with Gasteiger partial charge < -0.3 is 69.0 Å². The minimum absolute atomic E-state index is 0. The summed E-state index contributed by atoms with van der Waals surface area (Å²) in [5.41, 5.74) is 3.55. The van der Waals surface area contributed by atoms with Crippen molar-refractivity contribution in [3.8, 4) is 28.7 Å². The second-order valence-electron chi connectivity index (χ2n) is 21.5. The van der Waals surface area contributed by atoms with Gasteiger partial charge in [-0.05, 0) is 111 Å². The Kier molecular flexibility index (Phi) is 36.9. The van der Waals surface area contributed by atoms with Crippen LogP contribution in [0.4, 0.5) is 0 Å². The summed E-state index contributed by atoms with van der Waals surface area (Å²) >= 11 is 0. The van der Waals surface area contributed by atoms with E-state index in [1.807, 2.05) is 82.3 Å². The molecule has 3 aromatic rings. The quantitative estimate of drug-likeness (QED) is 0.0412. The summed E-state index contributed by atoms with van der Waals surface area (Å²) in [4.78, 5) is 4.86. The average Bonchev–Trinajstić information content (AvgIpc) is 4.09. The van der Waals surface area contributed by atoms with E-state index in [1.54, 1.807) is 28.4 Å². The molecule has 0 spiro atoms. The largest absolute Gasteiger partial charge is 0.493 e. The molecule has 2 heterocycles. The van der Waals surface area contributed by atoms with Crippen LogP contribution in [0, 0.1) is 0 Å². The average molecular weight is 1180 g/mol. The van der Waals surface area contributed by atoms with Gasteiger partial charge in [0.1, 0.15) is 31.2 Å². The van der Waals surface area contributed by atoms with E-state index < -0.39 is 12.2 Å². The first-order chi connectivity index (χ1) is 36.8. The number of nitrogens with zero attached hydrogens (tertiary/aromatic N) is 2. The Bertz CT molecular complexity index is 2030. The Morgan fingerprint density at radius 2 is 0.924 bits per heavy atom. The number of hydrogen-bond donors (Lipinski definition) is 6. The zero-order valence-corrected chi connectivity index (χ0v) is 51.1. The van der Waals surface area contributed by atoms with Crippen molar-refractivity contribution in [1.29, 1.82) is 0 Å². The van der Waals surface area contributed by atoms with Gasteiger partial charge in [0.25, 0.3) is 0 Å². The lowest BCUT2D eigenvalue weighted by Gasteiger charge is -2.37. The molecule has 8 atom stereocenters. The molecule has 79 heavy (non-hydrogen) atoms. The summed E-state index contributed by atoms with van der Waals surface area (Å²) in [5.74, 6) is 3.62. The molecular weight excluding hydrogens is 1080 g/mol. The number of hydrogen-bond acceptors (Lipinski definition) is 16. The second-order valence-corrected chi connectivity index (χ2v) is 21.5. The van der Waals surface area contributed by atoms with E-state index in [-0.39, 0.29) is 62.1 Å². The van der Waals surface area contributed by atoms with Crippen LogP contribution in [0.15, 0.2) is 60.7 Å². The van der Waals surface area contributed by atoms with Gasteiger partial charge in [0, 0.05) is 70.5 Å². The normalized spacial score (nSPS) is 21.9. The third kappa shape index (κ3) is 26.5. The molecule has 2 aliphatic heterocycles. The monoisotopic (exact) mass is 1170 g/mol. The summed E-state index contributed by atoms with van der Waals surface area (Å²) in [5, 5.41) is 45.9. The van der Waals surface area contributed by atoms with Gasteiger partial charge in [-0.25, -0.2) is 0 Å². The first-order valence-electron chi connectivity index (χ1n) is 28.4. The van der Waals surface area contributed by atoms with Crippen LogP contribution in [-0.2, 0) is 33.5 Å². The number of likely N-dealkylation sites (tertiary alicyclic amines) is 2. The lowest BCUT2D eigenvalue weighted by atomic mass is 9.91. The molecule has 16 nitrogen and oxygen atoms in total. The first-order valence-corrected chi connectivity index (χ1v) is 28.4. The van der Waals surface area contributed by atoms with E-state index in [9.17, 15) is 20.4 Å². The standard InChI is InChI=1S/C25H42N2O5.C20H31NO4.C15H25NO3.3ClH/c1-18(2)26-15-21(29)17-32-24-9-8-19(14-25(24)30-3)11-13-31-23-7-5-4-6-22(23)27-12-10-20(28)16-27;1-23-19-8-7-15(13-20(19)24-2)10-12-25-18-6-4-3-5-17(18)21-11-9-16(22)14-21;1-12(2)16-10-14(17)11-19-15-6-4-13(5-7-15)8-9-18-3;;;/h8-9,14,18,20-23,26,28-29H,4-7,10-13,15-17H2,1-3H3;7-8,13,16-18,22H,3-6,9-12,14H2,1-2H3;4-7,12,14,16-17H,8-11H2,1-3H3;3*1H/t20-,21?,22?,23+;16-,17-,18-;;;;/m11..../s1. The highest BCUT2D eigenvalue weighted by atomic mass is 35.5. The van der Waals surface area contributed by atoms with Crippen molar-refractivity contribution < 1.29 is 58.3 Å². The summed E-state index contributed by atoms with van der Waals surface area (Å²) in [7, 11) is 6.65. The van der Waals surface area contributed by atoms with E-state index in [4.69, 9.17) is 37.9 Å². The molecule has 4 aliphatic rings. The maximum atomic E-state index is 10.1. The van der Waals surface area contributed by atoms with Gasteiger partial charge in [-0.15, -0.1) is 37.2 Å². The van der Waals surface area contributed by atoms with Gasteiger partial charge in [-0.3, -0.25) is 9.80 Å². The molecule has 4 fully saturated rings. The van der Waals surface area contributed by atoms with Crippen molar-refractivity contribution in [2.75, 3.05) is 101 Å². The zero-order valence-electron chi connectivity index (χ0n) is 48.7. The number of aliphatic hydroxyl groups is 4. The third-order valence-corrected chi connectivity index (χ3v) is 14.7. The number of ether oxygens (including phenoxy) is 8. The van der Waals surface area contributed by atoms with Crippen LogP contribution in [0.2, 0.25) is 0 Å². The van der Waals surface area contributed by atoms with Crippen molar-refractivity contribution in [2.45, 2.75) is 172 Å². The zero-order chi connectivity index (χ0) is 54.7. The summed E-state index contributed by atoms with van der Waals surface area (Å²) in [6.07, 6.45) is 13.0. The van der Waals surface area contributed by atoms with Crippen molar-refractivity contribution in [2.24, 2.45) is 0 Å². The molecule has 3 aromatic carbocycles. The molecule has 0 aromatic heterocycles. The second kappa shape index (κ2) is 40.3. The van der Waals surface area contributed by atoms with Crippen LogP contribution in [0.1, 0.15) is 109 Å². The molecule has 454 valence electrons. The van der Waals surface area contributed by atoms with E-state index in [1.165, 1.54) is 43.2 Å². The van der Waals surface area contributed by atoms with Gasteiger partial charge in [0.15, 0.2) is 23.0 Å². The fourth-order valence-electron chi connectivity index (χ4n) is 10.4. The predicted octanol–water partition coefficient (Wildman–Crippen LogP) is 7.89. The van der Waals surface area contributed by atoms with E-state index in [0.29, 0.717) is 74.7 Å². The van der Waals surface area contributed by atoms with Crippen molar-refractivity contribution >= 4 is 37.2 Å². The van der Waals surface area contributed by atoms with Crippen LogP contribution in [-0.4, -0.2) is 192 Å². The van der Waals surface area contributed by atoms with E-state index >= 15 is 0 Å². The van der Waals surface area contributed by atoms with Crippen LogP contribution < -0.4 is 34.3 Å². The highest BCUT2D eigenvalue weighted by Gasteiger charge is 2.36. The summed E-state index contributed by atoms with van der Waals surface area (Å²) < 4.78 is 45.1. The molecule has 6 N–H and O–H groups in total. The number of rotatable bonds is 28. The van der Waals surface area contributed by atoms with E-state index in [2.05, 4.69) is 26.5 Å². The maximum Gasteiger partial charge on any atom is 0.161 e. The molecule has 0 radical (unpaired) electrons. The summed E-state index contributed by atoms with van der Waals surface area (Å²) in [6, 6.07) is 21.5. The molecule has 19 heteroatoms. The van der Waals surface area contributed by atoms with Gasteiger partial charge in [-0.2, -0.15) is 0 Å². The number of β-amino-alcohol motifs (C(OH)–C–C–N with tert-alkyl or cyclic N) is 2. The molecule has 2 aliphatic carbocycles. The number of aliphatic hydroxyl groups excluding tert-OH is 4. The molecule has 7 rings (SSSR count). The van der Waals surface area contributed by atoms with Crippen LogP contribution >= 0.6 is 37.2 Å². The number of methoxy groups -OCH3 is 4. The Morgan fingerprint density at radius 1 is 0.506 bits per heavy atom. The molecular formula is C60H101Cl3N4O12. The number of benzene rings is 3. The Hall–Kier alpha value is -2.91. The van der Waals surface area contributed by atoms with Crippen LogP contribution in [0.3, 0.4) is 0 Å². The smallest absolute Gasteiger partial charge is 0.161 e. The lowest BCUT2D eigenvalue weighted by Crippen LogP contribution is -2.46. The highest BCUT2D eigenvalue weighted by molar-refractivity contribution is 5.86. The Balaban J connectivity index is 0.000000411. The fourth-order valence-corrected chi connectivity index (χ4v) is 10.4. The Labute approximate surface area is 492 Å². The fraction of sp³-hybridized carbons (Fsp3) is 0.700. The predicted molar refractivity (Wildman–Crippen MR) is 321 cm³/mol. The number of halogens is 3. The van der Waals surface area contributed by atoms with Crippen LogP contribution in [0.5, 0.6) is 28.7 Å². The minimum Gasteiger partial charge on any atom is -0.493 e. The molecule has 2 saturated heterocycles. The SMILES string of the molecule is COCCc1ccc(OCC(O)CNC(C)C)cc1.COc1cc(CCO[C@H]2CCCCC2N2CC[C@@H](O)C2)ccc1OCC(O)CNC(C)C.COc1ccc(CCO[C@@H]2CCCC[C@H]2N2CC[C@@H](O)C2)cc1OC.Cl.Cl.Cl.